The molecule has 0 unspecified atom stereocenters. The molecule has 2 nitrogen and oxygen atoms in total. The van der Waals surface area contributed by atoms with E-state index in [4.69, 9.17) is 0 Å². The maximum absolute atomic E-state index is 3.65. The molecule has 0 spiro atoms. The van der Waals surface area contributed by atoms with Crippen molar-refractivity contribution in [2.75, 3.05) is 11.9 Å². The van der Waals surface area contributed by atoms with Crippen molar-refractivity contribution >= 4 is 5.69 Å². The lowest BCUT2D eigenvalue weighted by Crippen LogP contribution is -2.33. The van der Waals surface area contributed by atoms with Crippen LogP contribution < -0.4 is 5.32 Å². The van der Waals surface area contributed by atoms with Gasteiger partial charge in [-0.1, -0.05) is 25.1 Å². The first-order chi connectivity index (χ1) is 10.3. The maximum Gasteiger partial charge on any atom is 0.0420 e. The predicted octanol–water partition coefficient (Wildman–Crippen LogP) is 4.80. The molecule has 2 aliphatic heterocycles. The molecule has 1 N–H and O–H groups in total. The maximum atomic E-state index is 3.65. The number of hydrogen-bond acceptors (Lipinski definition) is 1. The van der Waals surface area contributed by atoms with E-state index in [0.29, 0.717) is 5.41 Å². The fourth-order valence-electron chi connectivity index (χ4n) is 4.46. The highest BCUT2D eigenvalue weighted by Crippen LogP contribution is 2.47. The van der Waals surface area contributed by atoms with Crippen molar-refractivity contribution < 1.29 is 0 Å². The fourth-order valence-corrected chi connectivity index (χ4v) is 4.46. The summed E-state index contributed by atoms with van der Waals surface area (Å²) in [6, 6.07) is 11.1. The molecular formula is C19H24N2. The zero-order chi connectivity index (χ0) is 14.3. The van der Waals surface area contributed by atoms with Crippen LogP contribution in [-0.4, -0.2) is 11.1 Å². The molecule has 2 aliphatic rings. The summed E-state index contributed by atoms with van der Waals surface area (Å²) in [5.41, 5.74) is 6.13. The Labute approximate surface area is 127 Å². The first-order valence-corrected chi connectivity index (χ1v) is 8.37. The Kier molecular flexibility index (Phi) is 3.06. The molecule has 0 saturated carbocycles. The van der Waals surface area contributed by atoms with Gasteiger partial charge in [-0.05, 0) is 44.2 Å². The summed E-state index contributed by atoms with van der Waals surface area (Å²) in [4.78, 5) is 0. The van der Waals surface area contributed by atoms with Crippen LogP contribution in [0.25, 0.3) is 11.1 Å². The molecule has 0 bridgehead atoms. The van der Waals surface area contributed by atoms with Crippen molar-refractivity contribution in [3.05, 3.63) is 42.2 Å². The molecule has 0 amide bonds. The molecule has 1 aromatic carbocycles. The van der Waals surface area contributed by atoms with Crippen LogP contribution in [0.1, 0.15) is 44.7 Å². The van der Waals surface area contributed by atoms with Gasteiger partial charge in [0.15, 0.2) is 0 Å². The van der Waals surface area contributed by atoms with Crippen LogP contribution in [0.5, 0.6) is 0 Å². The number of benzene rings is 1. The van der Waals surface area contributed by atoms with Crippen molar-refractivity contribution in [3.8, 4) is 11.1 Å². The third-order valence-corrected chi connectivity index (χ3v) is 5.56. The first kappa shape index (κ1) is 13.0. The summed E-state index contributed by atoms with van der Waals surface area (Å²) in [6.07, 6.45) is 8.81. The van der Waals surface area contributed by atoms with E-state index >= 15 is 0 Å². The van der Waals surface area contributed by atoms with E-state index < -0.39 is 0 Å². The highest BCUT2D eigenvalue weighted by Gasteiger charge is 2.38. The van der Waals surface area contributed by atoms with Gasteiger partial charge in [-0.2, -0.15) is 0 Å². The summed E-state index contributed by atoms with van der Waals surface area (Å²) in [5.74, 6) is 0. The second-order valence-electron chi connectivity index (χ2n) is 6.58. The quantitative estimate of drug-likeness (QED) is 0.793. The highest BCUT2D eigenvalue weighted by molar-refractivity contribution is 5.80. The second-order valence-corrected chi connectivity index (χ2v) is 6.58. The number of rotatable bonds is 1. The monoisotopic (exact) mass is 280 g/mol. The van der Waals surface area contributed by atoms with E-state index in [-0.39, 0.29) is 0 Å². The SMILES string of the molecule is CC[C@@]12CCCNc3ccccc3-c3ccn(c31)CCC2. The van der Waals surface area contributed by atoms with Crippen molar-refractivity contribution in [1.82, 2.24) is 4.57 Å². The van der Waals surface area contributed by atoms with Gasteiger partial charge in [-0.15, -0.1) is 0 Å². The first-order valence-electron chi connectivity index (χ1n) is 8.37. The molecule has 0 saturated heterocycles. The number of fused-ring (bicyclic) bond motifs is 2. The lowest BCUT2D eigenvalue weighted by atomic mass is 9.71. The summed E-state index contributed by atoms with van der Waals surface area (Å²) in [5, 5.41) is 3.65. The van der Waals surface area contributed by atoms with Crippen LogP contribution in [0.2, 0.25) is 0 Å². The van der Waals surface area contributed by atoms with E-state index in [0.717, 1.165) is 6.54 Å². The Morgan fingerprint density at radius 2 is 1.95 bits per heavy atom. The van der Waals surface area contributed by atoms with Crippen molar-refractivity contribution in [2.24, 2.45) is 0 Å². The number of aromatic nitrogens is 1. The normalized spacial score (nSPS) is 24.0. The topological polar surface area (TPSA) is 17.0 Å². The Balaban J connectivity index is 1.98. The van der Waals surface area contributed by atoms with Gasteiger partial charge < -0.3 is 9.88 Å². The third kappa shape index (κ3) is 1.92. The molecule has 0 aliphatic carbocycles. The summed E-state index contributed by atoms with van der Waals surface area (Å²) < 4.78 is 2.53. The highest BCUT2D eigenvalue weighted by atomic mass is 15.0. The lowest BCUT2D eigenvalue weighted by Gasteiger charge is -2.39. The van der Waals surface area contributed by atoms with Crippen molar-refractivity contribution in [2.45, 2.75) is 51.0 Å². The fraction of sp³-hybridized carbons (Fsp3) is 0.474. The van der Waals surface area contributed by atoms with E-state index in [1.807, 2.05) is 0 Å². The van der Waals surface area contributed by atoms with E-state index in [2.05, 4.69) is 53.3 Å². The average molecular weight is 280 g/mol. The minimum atomic E-state index is 0.385. The van der Waals surface area contributed by atoms with E-state index in [1.54, 1.807) is 5.69 Å². The smallest absolute Gasteiger partial charge is 0.0420 e. The van der Waals surface area contributed by atoms with Gasteiger partial charge in [0.1, 0.15) is 0 Å². The molecular weight excluding hydrogens is 256 g/mol. The van der Waals surface area contributed by atoms with Crippen LogP contribution in [0.4, 0.5) is 5.69 Å². The second kappa shape index (κ2) is 4.94. The zero-order valence-electron chi connectivity index (χ0n) is 12.9. The number of para-hydroxylation sites is 1. The third-order valence-electron chi connectivity index (χ3n) is 5.56. The van der Waals surface area contributed by atoms with Gasteiger partial charge >= 0.3 is 0 Å². The van der Waals surface area contributed by atoms with Gasteiger partial charge in [-0.25, -0.2) is 0 Å². The predicted molar refractivity (Wildman–Crippen MR) is 88.8 cm³/mol. The molecule has 110 valence electrons. The molecule has 2 heteroatoms. The van der Waals surface area contributed by atoms with E-state index in [1.165, 1.54) is 55.5 Å². The molecule has 1 aromatic heterocycles. The molecule has 4 rings (SSSR count). The number of nitrogens with one attached hydrogen (secondary N) is 1. The molecule has 0 radical (unpaired) electrons. The number of aryl methyl sites for hydroxylation is 1. The number of hydrogen-bond donors (Lipinski definition) is 1. The Hall–Kier alpha value is -1.70. The molecule has 3 heterocycles. The van der Waals surface area contributed by atoms with Gasteiger partial charge in [0.25, 0.3) is 0 Å². The summed E-state index contributed by atoms with van der Waals surface area (Å²) >= 11 is 0. The van der Waals surface area contributed by atoms with Crippen LogP contribution in [0.3, 0.4) is 0 Å². The van der Waals surface area contributed by atoms with Crippen molar-refractivity contribution in [1.29, 1.82) is 0 Å². The molecule has 2 aromatic rings. The van der Waals surface area contributed by atoms with E-state index in [9.17, 15) is 0 Å². The summed E-state index contributed by atoms with van der Waals surface area (Å²) in [7, 11) is 0. The Morgan fingerprint density at radius 3 is 2.86 bits per heavy atom. The van der Waals surface area contributed by atoms with Gasteiger partial charge in [0.05, 0.1) is 0 Å². The summed E-state index contributed by atoms with van der Waals surface area (Å²) in [6.45, 7) is 4.65. The van der Waals surface area contributed by atoms with Gasteiger partial charge in [0.2, 0.25) is 0 Å². The van der Waals surface area contributed by atoms with Crippen LogP contribution in [0.15, 0.2) is 36.5 Å². The standard InChI is InChI=1S/C19H24N2/c1-2-19-10-5-12-20-17-8-4-3-7-15(17)16-9-14-21(18(16)19)13-6-11-19/h3-4,7-9,14,20H,2,5-6,10-13H2,1H3/t19-/m0/s1. The molecule has 21 heavy (non-hydrogen) atoms. The zero-order valence-corrected chi connectivity index (χ0v) is 12.9. The van der Waals surface area contributed by atoms with Crippen LogP contribution in [-0.2, 0) is 12.0 Å². The van der Waals surface area contributed by atoms with Gasteiger partial charge in [0, 0.05) is 47.2 Å². The lowest BCUT2D eigenvalue weighted by molar-refractivity contribution is 0.278. The van der Waals surface area contributed by atoms with Gasteiger partial charge in [-0.3, -0.25) is 0 Å². The Bertz CT molecular complexity index is 655. The van der Waals surface area contributed by atoms with Crippen LogP contribution >= 0.6 is 0 Å². The number of nitrogens with zero attached hydrogens (tertiary/aromatic N) is 1. The van der Waals surface area contributed by atoms with Crippen molar-refractivity contribution in [3.63, 3.8) is 0 Å². The molecule has 1 atom stereocenters. The van der Waals surface area contributed by atoms with Crippen LogP contribution in [0, 0.1) is 0 Å². The minimum Gasteiger partial charge on any atom is -0.385 e. The average Bonchev–Trinajstić information content (AvgIpc) is 2.98. The molecule has 0 fully saturated rings. The largest absolute Gasteiger partial charge is 0.385 e. The minimum absolute atomic E-state index is 0.385. The number of anilines is 1. The Morgan fingerprint density at radius 1 is 1.10 bits per heavy atom.